The van der Waals surface area contributed by atoms with Crippen LogP contribution in [0.2, 0.25) is 0 Å². The number of hydrogen-bond donors (Lipinski definition) is 1. The zero-order valence-electron chi connectivity index (χ0n) is 9.02. The Bertz CT molecular complexity index is 483. The van der Waals surface area contributed by atoms with Gasteiger partial charge in [-0.15, -0.1) is 0 Å². The second kappa shape index (κ2) is 5.63. The Balaban J connectivity index is 1.93. The summed E-state index contributed by atoms with van der Waals surface area (Å²) in [6.45, 7) is 0. The second-order valence-corrected chi connectivity index (χ2v) is 4.42. The van der Waals surface area contributed by atoms with Gasteiger partial charge in [-0.3, -0.25) is 10.3 Å². The molecule has 1 heterocycles. The summed E-state index contributed by atoms with van der Waals surface area (Å²) in [6.07, 6.45) is 10.1. The van der Waals surface area contributed by atoms with Crippen LogP contribution in [0.3, 0.4) is 0 Å². The molecule has 1 aromatic heterocycles. The minimum absolute atomic E-state index is 0.494. The SMILES string of the molecule is O=C(Nc1cncc(Br)c1)OC1=CC=CCC1. The molecule has 5 heteroatoms. The number of nitrogens with one attached hydrogen (secondary N) is 1. The van der Waals surface area contributed by atoms with Crippen molar-refractivity contribution in [2.75, 3.05) is 5.32 Å². The van der Waals surface area contributed by atoms with Gasteiger partial charge in [0, 0.05) is 17.1 Å². The van der Waals surface area contributed by atoms with Crippen LogP contribution >= 0.6 is 15.9 Å². The summed E-state index contributed by atoms with van der Waals surface area (Å²) in [6, 6.07) is 1.75. The lowest BCUT2D eigenvalue weighted by atomic mass is 10.2. The van der Waals surface area contributed by atoms with E-state index in [0.717, 1.165) is 17.3 Å². The third kappa shape index (κ3) is 3.71. The highest BCUT2D eigenvalue weighted by Crippen LogP contribution is 2.16. The van der Waals surface area contributed by atoms with Crippen molar-refractivity contribution in [1.29, 1.82) is 0 Å². The summed E-state index contributed by atoms with van der Waals surface area (Å²) in [5.74, 6) is 0.674. The largest absolute Gasteiger partial charge is 0.416 e. The first-order chi connectivity index (χ1) is 8.24. The van der Waals surface area contributed by atoms with Crippen LogP contribution < -0.4 is 5.32 Å². The standard InChI is InChI=1S/C12H11BrN2O2/c13-9-6-10(8-14-7-9)15-12(16)17-11-4-2-1-3-5-11/h1-2,4,6-8H,3,5H2,(H,15,16). The van der Waals surface area contributed by atoms with Gasteiger partial charge in [0.25, 0.3) is 0 Å². The van der Waals surface area contributed by atoms with Gasteiger partial charge in [0.2, 0.25) is 0 Å². The quantitative estimate of drug-likeness (QED) is 0.906. The maximum Gasteiger partial charge on any atom is 0.416 e. The Kier molecular flexibility index (Phi) is 3.93. The minimum atomic E-state index is -0.494. The number of rotatable bonds is 2. The molecule has 2 rings (SSSR count). The monoisotopic (exact) mass is 294 g/mol. The topological polar surface area (TPSA) is 51.2 Å². The first kappa shape index (κ1) is 11.9. The lowest BCUT2D eigenvalue weighted by Gasteiger charge is -2.10. The lowest BCUT2D eigenvalue weighted by Crippen LogP contribution is -2.14. The Hall–Kier alpha value is -1.62. The van der Waals surface area contributed by atoms with Crippen molar-refractivity contribution in [2.45, 2.75) is 12.8 Å². The molecule has 1 aromatic rings. The van der Waals surface area contributed by atoms with Crippen LogP contribution in [0.1, 0.15) is 12.8 Å². The van der Waals surface area contributed by atoms with Crippen molar-refractivity contribution in [3.05, 3.63) is 46.9 Å². The fraction of sp³-hybridized carbons (Fsp3) is 0.167. The van der Waals surface area contributed by atoms with Crippen LogP contribution in [0, 0.1) is 0 Å². The average molecular weight is 295 g/mol. The smallest absolute Gasteiger partial charge is 0.415 e. The van der Waals surface area contributed by atoms with E-state index < -0.39 is 6.09 Å². The van der Waals surface area contributed by atoms with Gasteiger partial charge in [-0.1, -0.05) is 12.2 Å². The van der Waals surface area contributed by atoms with E-state index in [1.54, 1.807) is 24.5 Å². The fourth-order valence-corrected chi connectivity index (χ4v) is 1.77. The Morgan fingerprint density at radius 2 is 2.35 bits per heavy atom. The maximum absolute atomic E-state index is 11.6. The third-order valence-corrected chi connectivity index (χ3v) is 2.58. The first-order valence-corrected chi connectivity index (χ1v) is 5.98. The molecule has 0 unspecified atom stereocenters. The zero-order chi connectivity index (χ0) is 12.1. The Morgan fingerprint density at radius 1 is 1.47 bits per heavy atom. The molecule has 4 nitrogen and oxygen atoms in total. The summed E-state index contributed by atoms with van der Waals surface area (Å²) < 4.78 is 5.95. The highest BCUT2D eigenvalue weighted by Gasteiger charge is 2.08. The molecule has 0 aromatic carbocycles. The maximum atomic E-state index is 11.6. The molecule has 1 aliphatic rings. The van der Waals surface area contributed by atoms with E-state index >= 15 is 0 Å². The lowest BCUT2D eigenvalue weighted by molar-refractivity contribution is 0.188. The highest BCUT2D eigenvalue weighted by molar-refractivity contribution is 9.10. The van der Waals surface area contributed by atoms with Gasteiger partial charge in [0.05, 0.1) is 11.9 Å². The molecule has 1 aliphatic carbocycles. The molecule has 0 spiro atoms. The molecular weight excluding hydrogens is 284 g/mol. The number of hydrogen-bond acceptors (Lipinski definition) is 3. The third-order valence-electron chi connectivity index (χ3n) is 2.15. The van der Waals surface area contributed by atoms with Gasteiger partial charge < -0.3 is 4.74 Å². The van der Waals surface area contributed by atoms with Gasteiger partial charge >= 0.3 is 6.09 Å². The predicted octanol–water partition coefficient (Wildman–Crippen LogP) is 3.63. The number of amides is 1. The predicted molar refractivity (Wildman–Crippen MR) is 68.5 cm³/mol. The first-order valence-electron chi connectivity index (χ1n) is 5.19. The molecule has 0 aliphatic heterocycles. The number of carbonyl (C=O) groups is 1. The van der Waals surface area contributed by atoms with E-state index in [0.29, 0.717) is 11.4 Å². The molecule has 88 valence electrons. The van der Waals surface area contributed by atoms with Crippen molar-refractivity contribution in [3.63, 3.8) is 0 Å². The molecule has 17 heavy (non-hydrogen) atoms. The number of carbonyl (C=O) groups excluding carboxylic acids is 1. The number of allylic oxidation sites excluding steroid dienone is 4. The van der Waals surface area contributed by atoms with Crippen LogP contribution in [0.5, 0.6) is 0 Å². The van der Waals surface area contributed by atoms with Gasteiger partial charge in [-0.05, 0) is 34.5 Å². The molecule has 0 saturated heterocycles. The fourth-order valence-electron chi connectivity index (χ4n) is 1.41. The number of nitrogens with zero attached hydrogens (tertiary/aromatic N) is 1. The molecule has 0 atom stereocenters. The van der Waals surface area contributed by atoms with E-state index in [4.69, 9.17) is 4.74 Å². The van der Waals surface area contributed by atoms with Crippen molar-refractivity contribution in [3.8, 4) is 0 Å². The normalized spacial score (nSPS) is 14.1. The molecule has 0 radical (unpaired) electrons. The zero-order valence-corrected chi connectivity index (χ0v) is 10.6. The molecule has 0 bridgehead atoms. The summed E-state index contributed by atoms with van der Waals surface area (Å²) in [5, 5.41) is 2.61. The summed E-state index contributed by atoms with van der Waals surface area (Å²) >= 11 is 3.28. The van der Waals surface area contributed by atoms with Crippen LogP contribution in [0.15, 0.2) is 46.9 Å². The van der Waals surface area contributed by atoms with E-state index in [-0.39, 0.29) is 0 Å². The van der Waals surface area contributed by atoms with Crippen molar-refractivity contribution < 1.29 is 9.53 Å². The van der Waals surface area contributed by atoms with Crippen LogP contribution in [-0.2, 0) is 4.74 Å². The summed E-state index contributed by atoms with van der Waals surface area (Å²) in [4.78, 5) is 15.5. The summed E-state index contributed by atoms with van der Waals surface area (Å²) in [7, 11) is 0. The van der Waals surface area contributed by atoms with Crippen LogP contribution in [-0.4, -0.2) is 11.1 Å². The van der Waals surface area contributed by atoms with Crippen LogP contribution in [0.4, 0.5) is 10.5 Å². The molecule has 1 N–H and O–H groups in total. The second-order valence-electron chi connectivity index (χ2n) is 3.51. The van der Waals surface area contributed by atoms with Gasteiger partial charge in [0.1, 0.15) is 5.76 Å². The minimum Gasteiger partial charge on any atom is -0.415 e. The number of anilines is 1. The molecule has 0 saturated carbocycles. The van der Waals surface area contributed by atoms with Gasteiger partial charge in [-0.2, -0.15) is 0 Å². The number of ether oxygens (including phenoxy) is 1. The van der Waals surface area contributed by atoms with E-state index in [2.05, 4.69) is 26.2 Å². The molecule has 0 fully saturated rings. The van der Waals surface area contributed by atoms with Crippen molar-refractivity contribution >= 4 is 27.7 Å². The van der Waals surface area contributed by atoms with E-state index in [9.17, 15) is 4.79 Å². The van der Waals surface area contributed by atoms with Crippen molar-refractivity contribution in [2.24, 2.45) is 0 Å². The molecule has 1 amide bonds. The Labute approximate surface area is 108 Å². The van der Waals surface area contributed by atoms with Gasteiger partial charge in [-0.25, -0.2) is 4.79 Å². The number of halogens is 1. The van der Waals surface area contributed by atoms with Crippen molar-refractivity contribution in [1.82, 2.24) is 4.98 Å². The Morgan fingerprint density at radius 3 is 3.06 bits per heavy atom. The number of aromatic nitrogens is 1. The average Bonchev–Trinajstić information content (AvgIpc) is 2.30. The highest BCUT2D eigenvalue weighted by atomic mass is 79.9. The van der Waals surface area contributed by atoms with E-state index in [1.165, 1.54) is 0 Å². The molecular formula is C12H11BrN2O2. The van der Waals surface area contributed by atoms with Gasteiger partial charge in [0.15, 0.2) is 0 Å². The van der Waals surface area contributed by atoms with E-state index in [1.807, 2.05) is 12.2 Å². The van der Waals surface area contributed by atoms with Crippen LogP contribution in [0.25, 0.3) is 0 Å². The number of pyridine rings is 1. The summed E-state index contributed by atoms with van der Waals surface area (Å²) in [5.41, 5.74) is 0.594.